The van der Waals surface area contributed by atoms with Crippen molar-refractivity contribution in [2.75, 3.05) is 0 Å². The molecule has 140 valence electrons. The van der Waals surface area contributed by atoms with E-state index in [1.807, 2.05) is 30.3 Å². The van der Waals surface area contributed by atoms with Gasteiger partial charge in [-0.3, -0.25) is 4.98 Å². The van der Waals surface area contributed by atoms with E-state index in [1.54, 1.807) is 18.2 Å². The van der Waals surface area contributed by atoms with Gasteiger partial charge in [0.25, 0.3) is 0 Å². The molecule has 0 radical (unpaired) electrons. The van der Waals surface area contributed by atoms with Gasteiger partial charge in [-0.25, -0.2) is 0 Å². The highest BCUT2D eigenvalue weighted by molar-refractivity contribution is 6.30. The summed E-state index contributed by atoms with van der Waals surface area (Å²) < 4.78 is 41.6. The number of nitrogens with zero attached hydrogens (tertiary/aromatic N) is 1. The smallest absolute Gasteiger partial charge is 0.406 e. The first-order valence-electron chi connectivity index (χ1n) is 8.11. The lowest BCUT2D eigenvalue weighted by molar-refractivity contribution is -0.274. The summed E-state index contributed by atoms with van der Waals surface area (Å²) in [4.78, 5) is 4.36. The minimum Gasteiger partial charge on any atom is -0.406 e. The molecule has 0 amide bonds. The first-order chi connectivity index (χ1) is 12.8. The van der Waals surface area contributed by atoms with Crippen molar-refractivity contribution in [3.63, 3.8) is 0 Å². The van der Waals surface area contributed by atoms with Crippen molar-refractivity contribution in [1.82, 2.24) is 4.98 Å². The fourth-order valence-electron chi connectivity index (χ4n) is 2.91. The topological polar surface area (TPSA) is 48.1 Å². The van der Waals surface area contributed by atoms with E-state index in [2.05, 4.69) is 9.72 Å². The second-order valence-electron chi connectivity index (χ2n) is 5.94. The maximum absolute atomic E-state index is 12.5. The van der Waals surface area contributed by atoms with E-state index in [-0.39, 0.29) is 11.7 Å². The molecule has 7 heteroatoms. The van der Waals surface area contributed by atoms with Crippen LogP contribution >= 0.6 is 11.6 Å². The molecule has 27 heavy (non-hydrogen) atoms. The molecular formula is C20H16ClF3N2O. The van der Waals surface area contributed by atoms with Gasteiger partial charge in [-0.1, -0.05) is 54.1 Å². The molecule has 0 fully saturated rings. The third-order valence-electron chi connectivity index (χ3n) is 4.06. The van der Waals surface area contributed by atoms with E-state index in [0.29, 0.717) is 16.3 Å². The van der Waals surface area contributed by atoms with Gasteiger partial charge in [0.2, 0.25) is 0 Å². The fourth-order valence-corrected chi connectivity index (χ4v) is 3.02. The maximum Gasteiger partial charge on any atom is 0.573 e. The average Bonchev–Trinajstić information content (AvgIpc) is 2.63. The maximum atomic E-state index is 12.5. The highest BCUT2D eigenvalue weighted by atomic mass is 35.5. The number of nitrogens with two attached hydrogens (primary N) is 1. The largest absolute Gasteiger partial charge is 0.573 e. The van der Waals surface area contributed by atoms with Crippen molar-refractivity contribution < 1.29 is 17.9 Å². The van der Waals surface area contributed by atoms with E-state index < -0.39 is 12.4 Å². The molecule has 2 unspecified atom stereocenters. The first-order valence-corrected chi connectivity index (χ1v) is 8.49. The van der Waals surface area contributed by atoms with Crippen LogP contribution in [0.15, 0.2) is 72.9 Å². The lowest BCUT2D eigenvalue weighted by Gasteiger charge is -2.25. The van der Waals surface area contributed by atoms with Crippen molar-refractivity contribution in [3.8, 4) is 5.75 Å². The number of benzene rings is 2. The molecule has 3 rings (SSSR count). The van der Waals surface area contributed by atoms with Crippen LogP contribution in [-0.4, -0.2) is 11.3 Å². The molecule has 0 bridgehead atoms. The monoisotopic (exact) mass is 392 g/mol. The molecule has 2 atom stereocenters. The number of halogens is 4. The molecule has 1 aromatic heterocycles. The predicted molar refractivity (Wildman–Crippen MR) is 97.6 cm³/mol. The molecule has 2 N–H and O–H groups in total. The predicted octanol–water partition coefficient (Wildman–Crippen LogP) is 5.47. The Bertz CT molecular complexity index is 886. The van der Waals surface area contributed by atoms with Crippen LogP contribution in [0.2, 0.25) is 5.02 Å². The number of aromatic nitrogens is 1. The van der Waals surface area contributed by atoms with E-state index >= 15 is 0 Å². The van der Waals surface area contributed by atoms with Crippen molar-refractivity contribution in [3.05, 3.63) is 94.8 Å². The van der Waals surface area contributed by atoms with Gasteiger partial charge in [-0.2, -0.15) is 0 Å². The lowest BCUT2D eigenvalue weighted by atomic mass is 9.85. The summed E-state index contributed by atoms with van der Waals surface area (Å²) >= 11 is 5.92. The molecule has 3 aromatic rings. The van der Waals surface area contributed by atoms with Gasteiger partial charge in [0.05, 0.1) is 5.02 Å². The Labute approximate surface area is 159 Å². The van der Waals surface area contributed by atoms with Crippen LogP contribution in [0.5, 0.6) is 5.75 Å². The van der Waals surface area contributed by atoms with Crippen LogP contribution in [0.25, 0.3) is 0 Å². The molecule has 2 aromatic carbocycles. The van der Waals surface area contributed by atoms with Gasteiger partial charge in [-0.05, 0) is 35.4 Å². The molecule has 0 aliphatic rings. The molecule has 0 saturated heterocycles. The molecule has 3 nitrogen and oxygen atoms in total. The Morgan fingerprint density at radius 2 is 1.63 bits per heavy atom. The summed E-state index contributed by atoms with van der Waals surface area (Å²) in [6.07, 6.45) is -3.25. The third-order valence-corrected chi connectivity index (χ3v) is 4.29. The number of alkyl halides is 3. The van der Waals surface area contributed by atoms with Crippen molar-refractivity contribution in [1.29, 1.82) is 0 Å². The van der Waals surface area contributed by atoms with Gasteiger partial charge < -0.3 is 10.5 Å². The Balaban J connectivity index is 2.00. The Morgan fingerprint density at radius 1 is 0.926 bits per heavy atom. The van der Waals surface area contributed by atoms with Gasteiger partial charge in [-0.15, -0.1) is 13.2 Å². The van der Waals surface area contributed by atoms with Crippen molar-refractivity contribution in [2.24, 2.45) is 5.73 Å². The van der Waals surface area contributed by atoms with Crippen molar-refractivity contribution >= 4 is 11.6 Å². The number of hydrogen-bond donors (Lipinski definition) is 1. The summed E-state index contributed by atoms with van der Waals surface area (Å²) in [6, 6.07) is 17.9. The van der Waals surface area contributed by atoms with E-state index in [0.717, 1.165) is 5.56 Å². The molecule has 1 heterocycles. The number of rotatable bonds is 5. The lowest BCUT2D eigenvalue weighted by Crippen LogP contribution is -2.22. The SMILES string of the molecule is NC(c1cccc(OC(F)(F)F)c1)C(c1ccccc1)c1ccc(Cl)cn1. The zero-order valence-corrected chi connectivity index (χ0v) is 14.8. The van der Waals surface area contributed by atoms with Gasteiger partial charge in [0.1, 0.15) is 5.75 Å². The second kappa shape index (κ2) is 7.98. The first kappa shape index (κ1) is 19.2. The summed E-state index contributed by atoms with van der Waals surface area (Å²) in [5.74, 6) is -0.684. The minimum absolute atomic E-state index is 0.314. The molecule has 0 saturated carbocycles. The van der Waals surface area contributed by atoms with Crippen LogP contribution < -0.4 is 10.5 Å². The highest BCUT2D eigenvalue weighted by Gasteiger charge is 2.32. The summed E-state index contributed by atoms with van der Waals surface area (Å²) in [6.45, 7) is 0. The Kier molecular flexibility index (Phi) is 5.68. The van der Waals surface area contributed by atoms with Crippen LogP contribution in [-0.2, 0) is 0 Å². The van der Waals surface area contributed by atoms with Crippen LogP contribution in [0, 0.1) is 0 Å². The Hall–Kier alpha value is -2.57. The highest BCUT2D eigenvalue weighted by Crippen LogP contribution is 2.36. The zero-order chi connectivity index (χ0) is 19.4. The number of pyridine rings is 1. The van der Waals surface area contributed by atoms with Gasteiger partial charge in [0, 0.05) is 23.9 Å². The average molecular weight is 393 g/mol. The van der Waals surface area contributed by atoms with Gasteiger partial charge >= 0.3 is 6.36 Å². The van der Waals surface area contributed by atoms with Crippen LogP contribution in [0.4, 0.5) is 13.2 Å². The minimum atomic E-state index is -4.76. The van der Waals surface area contributed by atoms with Crippen LogP contribution in [0.3, 0.4) is 0 Å². The summed E-state index contributed by atoms with van der Waals surface area (Å²) in [5.41, 5.74) is 8.52. The van der Waals surface area contributed by atoms with E-state index in [1.165, 1.54) is 24.4 Å². The summed E-state index contributed by atoms with van der Waals surface area (Å²) in [5, 5.41) is 0.486. The molecule has 0 aliphatic heterocycles. The quantitative estimate of drug-likeness (QED) is 0.626. The normalized spacial score (nSPS) is 13.8. The molecule has 0 spiro atoms. The molecular weight excluding hydrogens is 377 g/mol. The number of ether oxygens (including phenoxy) is 1. The van der Waals surface area contributed by atoms with Crippen molar-refractivity contribution in [2.45, 2.75) is 18.3 Å². The summed E-state index contributed by atoms with van der Waals surface area (Å²) in [7, 11) is 0. The molecule has 0 aliphatic carbocycles. The van der Waals surface area contributed by atoms with E-state index in [4.69, 9.17) is 17.3 Å². The van der Waals surface area contributed by atoms with Gasteiger partial charge in [0.15, 0.2) is 0 Å². The second-order valence-corrected chi connectivity index (χ2v) is 6.37. The third kappa shape index (κ3) is 4.99. The van der Waals surface area contributed by atoms with E-state index in [9.17, 15) is 13.2 Å². The standard InChI is InChI=1S/C20H16ClF3N2O/c21-15-9-10-17(26-12-15)18(13-5-2-1-3-6-13)19(25)14-7-4-8-16(11-14)27-20(22,23)24/h1-12,18-19H,25H2. The Morgan fingerprint density at radius 3 is 2.26 bits per heavy atom. The fraction of sp³-hybridized carbons (Fsp3) is 0.150. The zero-order valence-electron chi connectivity index (χ0n) is 14.0. The van der Waals surface area contributed by atoms with Crippen LogP contribution in [0.1, 0.15) is 28.8 Å². The number of hydrogen-bond acceptors (Lipinski definition) is 3.